The van der Waals surface area contributed by atoms with E-state index in [1.807, 2.05) is 47.8 Å². The predicted molar refractivity (Wildman–Crippen MR) is 136 cm³/mol. The summed E-state index contributed by atoms with van der Waals surface area (Å²) in [6.45, 7) is 0.487. The van der Waals surface area contributed by atoms with E-state index < -0.39 is 17.4 Å². The zero-order valence-electron chi connectivity index (χ0n) is 19.1. The number of hydrogen-bond donors (Lipinski definition) is 2. The molecular formula is C25H21BrClFN4O3. The van der Waals surface area contributed by atoms with Crippen molar-refractivity contribution in [3.63, 3.8) is 0 Å². The number of aliphatic hydroxyl groups is 1. The molecule has 0 spiro atoms. The summed E-state index contributed by atoms with van der Waals surface area (Å²) in [4.78, 5) is 19.9. The van der Waals surface area contributed by atoms with E-state index in [1.54, 1.807) is 13.2 Å². The van der Waals surface area contributed by atoms with E-state index in [9.17, 15) is 14.3 Å². The molecule has 1 unspecified atom stereocenters. The van der Waals surface area contributed by atoms with Crippen LogP contribution < -0.4 is 15.0 Å². The van der Waals surface area contributed by atoms with Crippen LogP contribution >= 0.6 is 27.5 Å². The maximum Gasteiger partial charge on any atom is 0.256 e. The Labute approximate surface area is 214 Å². The smallest absolute Gasteiger partial charge is 0.256 e. The van der Waals surface area contributed by atoms with Gasteiger partial charge in [0.05, 0.1) is 24.7 Å². The van der Waals surface area contributed by atoms with E-state index in [0.717, 1.165) is 17.4 Å². The lowest BCUT2D eigenvalue weighted by Gasteiger charge is -2.26. The summed E-state index contributed by atoms with van der Waals surface area (Å²) in [5.41, 5.74) is 0.572. The number of aromatic nitrogens is 2. The summed E-state index contributed by atoms with van der Waals surface area (Å²) in [6.07, 6.45) is 0. The zero-order valence-corrected chi connectivity index (χ0v) is 21.4. The first-order chi connectivity index (χ1) is 16.6. The number of carbonyl (C=O) groups is 1. The number of amides is 1. The quantitative estimate of drug-likeness (QED) is 0.372. The van der Waals surface area contributed by atoms with Gasteiger partial charge in [-0.25, -0.2) is 9.37 Å². The number of carbonyl (C=O) groups excluding carboxylic acids is 1. The van der Waals surface area contributed by atoms with Crippen molar-refractivity contribution in [3.8, 4) is 5.75 Å². The molecule has 0 saturated heterocycles. The lowest BCUT2D eigenvalue weighted by atomic mass is 9.93. The molecule has 0 radical (unpaired) electrons. The van der Waals surface area contributed by atoms with Gasteiger partial charge in [0.15, 0.2) is 5.72 Å². The molecule has 1 aliphatic rings. The average molecular weight is 560 g/mol. The molecule has 4 aromatic rings. The van der Waals surface area contributed by atoms with Crippen molar-refractivity contribution in [1.82, 2.24) is 14.9 Å². The summed E-state index contributed by atoms with van der Waals surface area (Å²) >= 11 is 9.84. The maximum atomic E-state index is 14.1. The van der Waals surface area contributed by atoms with Gasteiger partial charge in [-0.2, -0.15) is 0 Å². The summed E-state index contributed by atoms with van der Waals surface area (Å²) in [5, 5.41) is 14.3. The summed E-state index contributed by atoms with van der Waals surface area (Å²) in [5.74, 6) is 0.262. The van der Waals surface area contributed by atoms with Crippen LogP contribution in [0.2, 0.25) is 5.02 Å². The van der Waals surface area contributed by atoms with Gasteiger partial charge in [0.25, 0.3) is 5.91 Å². The first-order valence-electron chi connectivity index (χ1n) is 10.7. The number of benzene rings is 3. The Hall–Kier alpha value is -3.14. The van der Waals surface area contributed by atoms with Gasteiger partial charge in [0.1, 0.15) is 17.1 Å². The highest BCUT2D eigenvalue weighted by Gasteiger charge is 2.47. The third kappa shape index (κ3) is 3.74. The number of rotatable bonds is 5. The van der Waals surface area contributed by atoms with Gasteiger partial charge in [-0.15, -0.1) is 0 Å². The van der Waals surface area contributed by atoms with Gasteiger partial charge in [0, 0.05) is 34.7 Å². The Bertz CT molecular complexity index is 1490. The molecule has 3 aromatic carbocycles. The molecular weight excluding hydrogens is 539 g/mol. The standard InChI is InChI=1S/C25H21BrClFN4O3/c1-31(2)24-29-22-19(32(24)12-13-4-7-15(35-3)8-5-13)11-17(26)21-20(22)23(33)30-25(21,34)16-10-14(28)6-9-18(16)27/h4-11,34H,12H2,1-3H3,(H,30,33). The SMILES string of the molecule is COc1ccc(Cn2c(N(C)C)nc3c4c(c(Br)cc32)C(O)(c2cc(F)ccc2Cl)NC4=O)cc1. The predicted octanol–water partition coefficient (Wildman–Crippen LogP) is 4.65. The van der Waals surface area contributed by atoms with Crippen molar-refractivity contribution in [1.29, 1.82) is 0 Å². The fourth-order valence-electron chi connectivity index (χ4n) is 4.47. The first-order valence-corrected chi connectivity index (χ1v) is 11.8. The number of nitrogens with zero attached hydrogens (tertiary/aromatic N) is 3. The molecule has 1 aromatic heterocycles. The largest absolute Gasteiger partial charge is 0.497 e. The van der Waals surface area contributed by atoms with Crippen molar-refractivity contribution < 1.29 is 19.0 Å². The Balaban J connectivity index is 1.73. The second kappa shape index (κ2) is 8.51. The minimum atomic E-state index is -2.03. The Morgan fingerprint density at radius 1 is 1.23 bits per heavy atom. The van der Waals surface area contributed by atoms with Gasteiger partial charge < -0.3 is 24.6 Å². The summed E-state index contributed by atoms with van der Waals surface area (Å²) < 4.78 is 21.8. The van der Waals surface area contributed by atoms with E-state index in [0.29, 0.717) is 28.0 Å². The molecule has 180 valence electrons. The number of fused-ring (bicyclic) bond motifs is 3. The molecule has 1 amide bonds. The van der Waals surface area contributed by atoms with Crippen LogP contribution in [0.3, 0.4) is 0 Å². The first kappa shape index (κ1) is 23.6. The highest BCUT2D eigenvalue weighted by atomic mass is 79.9. The molecule has 2 heterocycles. The van der Waals surface area contributed by atoms with Gasteiger partial charge in [-0.3, -0.25) is 4.79 Å². The lowest BCUT2D eigenvalue weighted by Crippen LogP contribution is -2.40. The molecule has 0 saturated carbocycles. The highest BCUT2D eigenvalue weighted by Crippen LogP contribution is 2.45. The second-order valence-corrected chi connectivity index (χ2v) is 9.77. The summed E-state index contributed by atoms with van der Waals surface area (Å²) in [6, 6.07) is 13.1. The topological polar surface area (TPSA) is 79.6 Å². The Morgan fingerprint density at radius 3 is 2.60 bits per heavy atom. The number of methoxy groups -OCH3 is 1. The van der Waals surface area contributed by atoms with Crippen molar-refractivity contribution in [2.75, 3.05) is 26.1 Å². The third-order valence-corrected chi connectivity index (χ3v) is 7.03. The highest BCUT2D eigenvalue weighted by molar-refractivity contribution is 9.10. The molecule has 5 rings (SSSR count). The number of anilines is 1. The van der Waals surface area contributed by atoms with Crippen molar-refractivity contribution in [2.45, 2.75) is 12.3 Å². The number of imidazole rings is 1. The molecule has 0 aliphatic carbocycles. The molecule has 1 aliphatic heterocycles. The minimum absolute atomic E-state index is 0.0387. The van der Waals surface area contributed by atoms with Crippen LogP contribution in [0, 0.1) is 5.82 Å². The molecule has 1 atom stereocenters. The van der Waals surface area contributed by atoms with Crippen LogP contribution in [-0.4, -0.2) is 41.8 Å². The molecule has 35 heavy (non-hydrogen) atoms. The summed E-state index contributed by atoms with van der Waals surface area (Å²) in [7, 11) is 5.34. The van der Waals surface area contributed by atoms with Crippen LogP contribution in [0.25, 0.3) is 11.0 Å². The molecule has 0 fully saturated rings. The van der Waals surface area contributed by atoms with Crippen molar-refractivity contribution in [2.24, 2.45) is 0 Å². The van der Waals surface area contributed by atoms with Gasteiger partial charge >= 0.3 is 0 Å². The normalized spacial score (nSPS) is 16.9. The number of halogens is 3. The van der Waals surface area contributed by atoms with E-state index in [2.05, 4.69) is 21.2 Å². The van der Waals surface area contributed by atoms with Crippen molar-refractivity contribution in [3.05, 3.63) is 86.1 Å². The molecule has 2 N–H and O–H groups in total. The zero-order chi connectivity index (χ0) is 25.1. The van der Waals surface area contributed by atoms with Gasteiger partial charge in [-0.1, -0.05) is 39.7 Å². The van der Waals surface area contributed by atoms with Crippen LogP contribution in [0.5, 0.6) is 5.75 Å². The minimum Gasteiger partial charge on any atom is -0.497 e. The third-order valence-electron chi connectivity index (χ3n) is 6.08. The molecule has 7 nitrogen and oxygen atoms in total. The van der Waals surface area contributed by atoms with Crippen LogP contribution in [0.1, 0.15) is 27.0 Å². The number of ether oxygens (including phenoxy) is 1. The number of nitrogens with one attached hydrogen (secondary N) is 1. The molecule has 0 bridgehead atoms. The fraction of sp³-hybridized carbons (Fsp3) is 0.200. The van der Waals surface area contributed by atoms with Crippen LogP contribution in [0.4, 0.5) is 10.3 Å². The van der Waals surface area contributed by atoms with Crippen LogP contribution in [0.15, 0.2) is 53.0 Å². The average Bonchev–Trinajstić information content (AvgIpc) is 3.31. The Kier molecular flexibility index (Phi) is 5.74. The van der Waals surface area contributed by atoms with E-state index in [4.69, 9.17) is 21.3 Å². The number of hydrogen-bond acceptors (Lipinski definition) is 5. The monoisotopic (exact) mass is 558 g/mol. The second-order valence-electron chi connectivity index (χ2n) is 8.51. The van der Waals surface area contributed by atoms with Gasteiger partial charge in [-0.05, 0) is 42.0 Å². The fourth-order valence-corrected chi connectivity index (χ4v) is 5.42. The van der Waals surface area contributed by atoms with E-state index in [-0.39, 0.29) is 21.7 Å². The van der Waals surface area contributed by atoms with E-state index >= 15 is 0 Å². The van der Waals surface area contributed by atoms with Gasteiger partial charge in [0.2, 0.25) is 5.95 Å². The van der Waals surface area contributed by atoms with Crippen LogP contribution in [-0.2, 0) is 12.3 Å². The Morgan fingerprint density at radius 2 is 1.94 bits per heavy atom. The molecule has 10 heteroatoms. The van der Waals surface area contributed by atoms with E-state index in [1.165, 1.54) is 12.1 Å². The maximum absolute atomic E-state index is 14.1. The lowest BCUT2D eigenvalue weighted by molar-refractivity contribution is 0.0470. The van der Waals surface area contributed by atoms with Crippen molar-refractivity contribution >= 4 is 50.4 Å².